The van der Waals surface area contributed by atoms with Crippen molar-refractivity contribution in [2.24, 2.45) is 0 Å². The molecule has 0 radical (unpaired) electrons. The molecule has 24 rings (SSSR count). The first-order valence-corrected chi connectivity index (χ1v) is 38.0. The highest BCUT2D eigenvalue weighted by atomic mass is 16.3. The summed E-state index contributed by atoms with van der Waals surface area (Å²) in [5.74, 6) is 2.66. The fourth-order valence-corrected chi connectivity index (χ4v) is 16.9. The highest BCUT2D eigenvalue weighted by Crippen LogP contribution is 2.45. The molecule has 0 aliphatic carbocycles. The Morgan fingerprint density at radius 2 is 0.690 bits per heavy atom. The maximum Gasteiger partial charge on any atom is 0.144 e. The van der Waals surface area contributed by atoms with Crippen molar-refractivity contribution in [3.8, 4) is 84.7 Å². The molecule has 10 nitrogen and oxygen atoms in total. The van der Waals surface area contributed by atoms with Gasteiger partial charge >= 0.3 is 0 Å². The molecule has 0 aliphatic heterocycles. The normalized spacial score (nSPS) is 11.7. The van der Waals surface area contributed by atoms with E-state index in [4.69, 9.17) is 18.2 Å². The minimum absolute atomic E-state index is 0.881. The lowest BCUT2D eigenvalue weighted by atomic mass is 10.0. The fourth-order valence-electron chi connectivity index (χ4n) is 16.9. The molecular formula is C103H65N7O3. The van der Waals surface area contributed by atoms with Gasteiger partial charge in [-0.25, -0.2) is 4.98 Å². The molecule has 0 amide bonds. The third-order valence-corrected chi connectivity index (χ3v) is 22.0. The maximum atomic E-state index is 6.57. The van der Waals surface area contributed by atoms with Gasteiger partial charge in [0.25, 0.3) is 0 Å². The van der Waals surface area contributed by atoms with E-state index >= 15 is 0 Å². The van der Waals surface area contributed by atoms with Gasteiger partial charge in [0.05, 0.1) is 77.4 Å². The van der Waals surface area contributed by atoms with E-state index in [1.54, 1.807) is 0 Å². The molecule has 0 fully saturated rings. The number of rotatable bonds is 9. The van der Waals surface area contributed by atoms with Crippen molar-refractivity contribution in [3.63, 3.8) is 0 Å². The van der Waals surface area contributed by atoms with Crippen molar-refractivity contribution in [1.82, 2.24) is 33.1 Å². The van der Waals surface area contributed by atoms with Crippen molar-refractivity contribution in [2.45, 2.75) is 0 Å². The van der Waals surface area contributed by atoms with Gasteiger partial charge in [0.2, 0.25) is 0 Å². The Bertz CT molecular complexity index is 7770. The molecule has 0 unspecified atom stereocenters. The summed E-state index contributed by atoms with van der Waals surface area (Å²) in [5, 5.41) is 12.6. The Labute approximate surface area is 647 Å². The lowest BCUT2D eigenvalue weighted by Crippen LogP contribution is -1.95. The van der Waals surface area contributed by atoms with Gasteiger partial charge in [-0.15, -0.1) is 0 Å². The molecule has 0 saturated heterocycles. The lowest BCUT2D eigenvalue weighted by molar-refractivity contribution is 0.635. The van der Waals surface area contributed by atoms with Gasteiger partial charge in [0.1, 0.15) is 39.7 Å². The number of hydrogen-bond acceptors (Lipinski definition) is 6. The van der Waals surface area contributed by atoms with Crippen LogP contribution in [0.5, 0.6) is 0 Å². The summed E-state index contributed by atoms with van der Waals surface area (Å²) in [6.45, 7) is 0. The molecule has 0 saturated carbocycles. The standard InChI is InChI=1S/C39H25N3O.C35H22N2O.C29H18N2O/c1-3-11-26(12-4-1)34-25-29-20-23-33-36(39(29)43-34)31-15-7-8-16-32(31)42(33)30-21-18-28(19-22-30)38-37(27-13-5-2-6-14-27)40-35-17-9-10-24-41(35)38;1-2-8-24(9-3-1)32-22-26-17-20-31-33(35(26)38-32)29-12-4-5-14-30(29)37(31)27-18-15-23(16-19-27)28-13-6-10-25-11-7-21-36-34(25)28;1-2-8-19(9-3-1)27-18-20-15-16-26-28(29(20)32-27)22-10-4-5-13-25(22)31(26)24-14-6-12-23-21(24)11-7-17-30-23/h1-25H;1-22H;1-18H. The van der Waals surface area contributed by atoms with Gasteiger partial charge in [-0.3, -0.25) is 14.4 Å². The second-order valence-electron chi connectivity index (χ2n) is 28.5. The summed E-state index contributed by atoms with van der Waals surface area (Å²) in [7, 11) is 0. The molecule has 0 spiro atoms. The second kappa shape index (κ2) is 26.8. The number of nitrogens with zero attached hydrogens (tertiary/aromatic N) is 7. The van der Waals surface area contributed by atoms with Crippen LogP contribution in [0, 0.1) is 0 Å². The third kappa shape index (κ3) is 10.9. The number of imidazole rings is 1. The van der Waals surface area contributed by atoms with Gasteiger partial charge < -0.3 is 27.0 Å². The largest absolute Gasteiger partial charge is 0.455 e. The van der Waals surface area contributed by atoms with E-state index in [2.05, 4.69) is 332 Å². The van der Waals surface area contributed by atoms with Crippen LogP contribution in [-0.2, 0) is 0 Å². The van der Waals surface area contributed by atoms with Gasteiger partial charge in [-0.05, 0) is 145 Å². The number of aromatic nitrogens is 7. The van der Waals surface area contributed by atoms with Crippen LogP contribution in [0.2, 0.25) is 0 Å². The molecule has 530 valence electrons. The van der Waals surface area contributed by atoms with E-state index in [0.717, 1.165) is 194 Å². The zero-order chi connectivity index (χ0) is 74.5. The Morgan fingerprint density at radius 1 is 0.265 bits per heavy atom. The molecule has 24 aromatic rings. The summed E-state index contributed by atoms with van der Waals surface area (Å²) >= 11 is 0. The average molecular weight is 1450 g/mol. The van der Waals surface area contributed by atoms with Crippen LogP contribution in [0.25, 0.3) is 210 Å². The Morgan fingerprint density at radius 3 is 1.22 bits per heavy atom. The number of fused-ring (bicyclic) bond motifs is 18. The van der Waals surface area contributed by atoms with Crippen LogP contribution < -0.4 is 0 Å². The topological polar surface area (TPSA) is 97.3 Å². The smallest absolute Gasteiger partial charge is 0.144 e. The number of pyridine rings is 3. The molecule has 14 aromatic carbocycles. The molecular weight excluding hydrogens is 1380 g/mol. The summed E-state index contributed by atoms with van der Waals surface area (Å²) in [4.78, 5) is 14.2. The molecule has 0 N–H and O–H groups in total. The Hall–Kier alpha value is -15.4. The monoisotopic (exact) mass is 1450 g/mol. The van der Waals surface area contributed by atoms with Gasteiger partial charge in [0.15, 0.2) is 0 Å². The number of furan rings is 3. The quantitative estimate of drug-likeness (QED) is 0.143. The molecule has 113 heavy (non-hydrogen) atoms. The molecule has 10 heterocycles. The number of para-hydroxylation sites is 4. The molecule has 10 aromatic heterocycles. The summed E-state index contributed by atoms with van der Waals surface area (Å²) < 4.78 is 28.8. The Balaban J connectivity index is 0.000000105. The highest BCUT2D eigenvalue weighted by molar-refractivity contribution is 6.23. The van der Waals surface area contributed by atoms with Gasteiger partial charge in [0, 0.05) is 106 Å². The third-order valence-electron chi connectivity index (χ3n) is 22.0. The van der Waals surface area contributed by atoms with Crippen LogP contribution in [-0.4, -0.2) is 33.1 Å². The predicted molar refractivity (Wildman–Crippen MR) is 464 cm³/mol. The maximum absolute atomic E-state index is 6.57. The van der Waals surface area contributed by atoms with Crippen molar-refractivity contribution in [3.05, 3.63) is 395 Å². The van der Waals surface area contributed by atoms with Crippen molar-refractivity contribution >= 4 is 126 Å². The van der Waals surface area contributed by atoms with Gasteiger partial charge in [-0.1, -0.05) is 237 Å². The predicted octanol–water partition coefficient (Wildman–Crippen LogP) is 27.3. The molecule has 0 bridgehead atoms. The van der Waals surface area contributed by atoms with Crippen molar-refractivity contribution in [1.29, 1.82) is 0 Å². The first-order valence-electron chi connectivity index (χ1n) is 38.0. The second-order valence-corrected chi connectivity index (χ2v) is 28.5. The molecule has 10 heteroatoms. The lowest BCUT2D eigenvalue weighted by Gasteiger charge is -2.10. The average Bonchev–Trinajstić information content (AvgIpc) is 1.58. The minimum Gasteiger partial charge on any atom is -0.455 e. The van der Waals surface area contributed by atoms with E-state index in [1.165, 1.54) is 16.2 Å². The Kier molecular flexibility index (Phi) is 15.3. The summed E-state index contributed by atoms with van der Waals surface area (Å²) in [6.07, 6.45) is 5.79. The van der Waals surface area contributed by atoms with E-state index in [-0.39, 0.29) is 0 Å². The highest BCUT2D eigenvalue weighted by Gasteiger charge is 2.24. The van der Waals surface area contributed by atoms with Crippen LogP contribution in [0.3, 0.4) is 0 Å². The number of benzene rings is 14. The van der Waals surface area contributed by atoms with Crippen molar-refractivity contribution in [2.75, 3.05) is 0 Å². The van der Waals surface area contributed by atoms with E-state index in [9.17, 15) is 0 Å². The summed E-state index contributed by atoms with van der Waals surface area (Å²) in [6, 6.07) is 131. The van der Waals surface area contributed by atoms with Gasteiger partial charge in [-0.2, -0.15) is 0 Å². The fraction of sp³-hybridized carbons (Fsp3) is 0. The van der Waals surface area contributed by atoms with Crippen LogP contribution in [0.1, 0.15) is 0 Å². The first-order chi connectivity index (χ1) is 56.1. The van der Waals surface area contributed by atoms with E-state index < -0.39 is 0 Å². The zero-order valence-electron chi connectivity index (χ0n) is 60.9. The zero-order valence-corrected chi connectivity index (χ0v) is 60.9. The van der Waals surface area contributed by atoms with Crippen LogP contribution in [0.4, 0.5) is 0 Å². The summed E-state index contributed by atoms with van der Waals surface area (Å²) in [5.41, 5.74) is 25.7. The number of hydrogen-bond donors (Lipinski definition) is 0. The SMILES string of the molecule is c1ccc(-c2cc3ccc4c(c5ccccc5n4-c4ccc(-c5c(-c6ccccc6)nc6ccccn56)cc4)c3o2)cc1.c1ccc(-c2cc3ccc4c(c5ccccc5n4-c4ccc(-c5cccc6cccnc56)cc4)c3o2)cc1.c1ccc(-c2cc3ccc4c(c5ccccc5n4-c4cccc5ncccc45)c3o2)cc1. The van der Waals surface area contributed by atoms with Crippen LogP contribution >= 0.6 is 0 Å². The first kappa shape index (κ1) is 64.8. The van der Waals surface area contributed by atoms with E-state index in [0.29, 0.717) is 0 Å². The van der Waals surface area contributed by atoms with Crippen LogP contribution in [0.15, 0.2) is 408 Å². The molecule has 0 aliphatic rings. The van der Waals surface area contributed by atoms with Crippen molar-refractivity contribution < 1.29 is 13.3 Å². The molecule has 0 atom stereocenters. The minimum atomic E-state index is 0.881. The van der Waals surface area contributed by atoms with E-state index in [1.807, 2.05) is 91.3 Å².